The molecule has 0 aliphatic rings. The minimum absolute atomic E-state index is 0.0525. The van der Waals surface area contributed by atoms with Crippen molar-refractivity contribution in [3.05, 3.63) is 29.3 Å². The van der Waals surface area contributed by atoms with Gasteiger partial charge in [0.25, 0.3) is 0 Å². The van der Waals surface area contributed by atoms with Crippen LogP contribution in [0.15, 0.2) is 18.2 Å². The Morgan fingerprint density at radius 1 is 1.44 bits per heavy atom. The normalized spacial score (nSPS) is 13.2. The van der Waals surface area contributed by atoms with Crippen molar-refractivity contribution in [2.24, 2.45) is 0 Å². The third kappa shape index (κ3) is 3.38. The van der Waals surface area contributed by atoms with Crippen molar-refractivity contribution in [2.45, 2.75) is 32.5 Å². The van der Waals surface area contributed by atoms with Gasteiger partial charge in [-0.05, 0) is 31.5 Å². The second kappa shape index (κ2) is 5.29. The summed E-state index contributed by atoms with van der Waals surface area (Å²) in [5, 5.41) is 0. The second-order valence-electron chi connectivity index (χ2n) is 3.92. The van der Waals surface area contributed by atoms with E-state index < -0.39 is 17.7 Å². The molecule has 0 aromatic heterocycles. The molecule has 0 radical (unpaired) electrons. The van der Waals surface area contributed by atoms with E-state index in [1.807, 2.05) is 6.92 Å². The number of esters is 1. The summed E-state index contributed by atoms with van der Waals surface area (Å²) in [5.41, 5.74) is 4.26. The third-order valence-electron chi connectivity index (χ3n) is 2.48. The van der Waals surface area contributed by atoms with Crippen LogP contribution in [0.2, 0.25) is 0 Å². The molecule has 0 fully saturated rings. The number of hydrogen-bond donors (Lipinski definition) is 1. The molecule has 2 N–H and O–H groups in total. The molecular weight excluding hydrogens is 247 g/mol. The summed E-state index contributed by atoms with van der Waals surface area (Å²) in [6, 6.07) is 2.57. The molecule has 0 spiro atoms. The highest BCUT2D eigenvalue weighted by atomic mass is 19.4. The fourth-order valence-corrected chi connectivity index (χ4v) is 1.25. The molecule has 1 unspecified atom stereocenters. The monoisotopic (exact) mass is 261 g/mol. The fourth-order valence-electron chi connectivity index (χ4n) is 1.25. The maximum absolute atomic E-state index is 12.4. The van der Waals surface area contributed by atoms with Gasteiger partial charge < -0.3 is 10.5 Å². The van der Waals surface area contributed by atoms with Crippen LogP contribution < -0.4 is 5.73 Å². The number of hydrogen-bond acceptors (Lipinski definition) is 3. The van der Waals surface area contributed by atoms with Gasteiger partial charge in [0.05, 0.1) is 17.2 Å². The van der Waals surface area contributed by atoms with E-state index in [-0.39, 0.29) is 17.4 Å². The number of benzene rings is 1. The first-order valence-corrected chi connectivity index (χ1v) is 5.43. The van der Waals surface area contributed by atoms with E-state index in [1.54, 1.807) is 6.92 Å². The lowest BCUT2D eigenvalue weighted by Gasteiger charge is -2.13. The SMILES string of the molecule is CCC(C)OC(=O)c1ccc(C(F)(F)F)cc1N. The van der Waals surface area contributed by atoms with Crippen LogP contribution in [0.3, 0.4) is 0 Å². The molecule has 0 aliphatic heterocycles. The van der Waals surface area contributed by atoms with Gasteiger partial charge >= 0.3 is 12.1 Å². The van der Waals surface area contributed by atoms with Crippen LogP contribution in [-0.2, 0) is 10.9 Å². The van der Waals surface area contributed by atoms with Gasteiger partial charge in [0.2, 0.25) is 0 Å². The molecule has 6 heteroatoms. The summed E-state index contributed by atoms with van der Waals surface area (Å²) >= 11 is 0. The van der Waals surface area contributed by atoms with Gasteiger partial charge in [0, 0.05) is 5.69 Å². The molecule has 1 aromatic carbocycles. The van der Waals surface area contributed by atoms with Crippen LogP contribution in [0.5, 0.6) is 0 Å². The first-order chi connectivity index (χ1) is 8.25. The Bertz CT molecular complexity index is 443. The van der Waals surface area contributed by atoms with Crippen LogP contribution in [-0.4, -0.2) is 12.1 Å². The molecule has 0 heterocycles. The largest absolute Gasteiger partial charge is 0.459 e. The van der Waals surface area contributed by atoms with E-state index in [9.17, 15) is 18.0 Å². The van der Waals surface area contributed by atoms with Gasteiger partial charge in [0.1, 0.15) is 0 Å². The van der Waals surface area contributed by atoms with E-state index in [2.05, 4.69) is 0 Å². The summed E-state index contributed by atoms with van der Waals surface area (Å²) in [6.45, 7) is 3.52. The van der Waals surface area contributed by atoms with Gasteiger partial charge in [0.15, 0.2) is 0 Å². The number of nitrogens with two attached hydrogens (primary N) is 1. The first kappa shape index (κ1) is 14.3. The Morgan fingerprint density at radius 2 is 2.06 bits per heavy atom. The molecule has 0 bridgehead atoms. The highest BCUT2D eigenvalue weighted by Crippen LogP contribution is 2.31. The molecule has 0 saturated carbocycles. The van der Waals surface area contributed by atoms with Crippen molar-refractivity contribution in [2.75, 3.05) is 5.73 Å². The van der Waals surface area contributed by atoms with E-state index in [4.69, 9.17) is 10.5 Å². The number of anilines is 1. The number of ether oxygens (including phenoxy) is 1. The van der Waals surface area contributed by atoms with Crippen molar-refractivity contribution in [1.82, 2.24) is 0 Å². The number of rotatable bonds is 3. The summed E-state index contributed by atoms with van der Waals surface area (Å²) in [5.74, 6) is -0.712. The lowest BCUT2D eigenvalue weighted by atomic mass is 10.1. The van der Waals surface area contributed by atoms with Crippen molar-refractivity contribution < 1.29 is 22.7 Å². The zero-order chi connectivity index (χ0) is 13.9. The zero-order valence-electron chi connectivity index (χ0n) is 10.0. The van der Waals surface area contributed by atoms with Crippen molar-refractivity contribution in [1.29, 1.82) is 0 Å². The molecule has 3 nitrogen and oxygen atoms in total. The fraction of sp³-hybridized carbons (Fsp3) is 0.417. The average Bonchev–Trinajstić information content (AvgIpc) is 2.27. The van der Waals surface area contributed by atoms with Gasteiger partial charge in [-0.1, -0.05) is 6.92 Å². The maximum Gasteiger partial charge on any atom is 0.416 e. The minimum atomic E-state index is -4.48. The van der Waals surface area contributed by atoms with Crippen LogP contribution in [0, 0.1) is 0 Å². The lowest BCUT2D eigenvalue weighted by Crippen LogP contribution is -2.16. The van der Waals surface area contributed by atoms with E-state index in [1.165, 1.54) is 0 Å². The van der Waals surface area contributed by atoms with Crippen LogP contribution >= 0.6 is 0 Å². The van der Waals surface area contributed by atoms with E-state index >= 15 is 0 Å². The number of carbonyl (C=O) groups excluding carboxylic acids is 1. The highest BCUT2D eigenvalue weighted by molar-refractivity contribution is 5.95. The second-order valence-corrected chi connectivity index (χ2v) is 3.92. The van der Waals surface area contributed by atoms with Crippen LogP contribution in [0.1, 0.15) is 36.2 Å². The summed E-state index contributed by atoms with van der Waals surface area (Å²) in [7, 11) is 0. The van der Waals surface area contributed by atoms with Crippen molar-refractivity contribution in [3.63, 3.8) is 0 Å². The molecule has 0 amide bonds. The third-order valence-corrected chi connectivity index (χ3v) is 2.48. The minimum Gasteiger partial charge on any atom is -0.459 e. The summed E-state index contributed by atoms with van der Waals surface area (Å²) in [4.78, 5) is 11.6. The number of halogens is 3. The molecule has 1 aromatic rings. The molecule has 1 rings (SSSR count). The molecule has 100 valence electrons. The Morgan fingerprint density at radius 3 is 2.50 bits per heavy atom. The smallest absolute Gasteiger partial charge is 0.416 e. The van der Waals surface area contributed by atoms with E-state index in [0.717, 1.165) is 18.2 Å². The zero-order valence-corrected chi connectivity index (χ0v) is 10.0. The van der Waals surface area contributed by atoms with Crippen molar-refractivity contribution in [3.8, 4) is 0 Å². The Labute approximate surface area is 103 Å². The Balaban J connectivity index is 2.96. The number of nitrogen functional groups attached to an aromatic ring is 1. The predicted molar refractivity (Wildman–Crippen MR) is 61.0 cm³/mol. The lowest BCUT2D eigenvalue weighted by molar-refractivity contribution is -0.137. The first-order valence-electron chi connectivity index (χ1n) is 5.43. The summed E-state index contributed by atoms with van der Waals surface area (Å²) < 4.78 is 42.2. The predicted octanol–water partition coefficient (Wildman–Crippen LogP) is 3.24. The van der Waals surface area contributed by atoms with Crippen molar-refractivity contribution >= 4 is 11.7 Å². The van der Waals surface area contributed by atoms with Crippen LogP contribution in [0.4, 0.5) is 18.9 Å². The van der Waals surface area contributed by atoms with Gasteiger partial charge in [-0.15, -0.1) is 0 Å². The van der Waals surface area contributed by atoms with Gasteiger partial charge in [-0.25, -0.2) is 4.79 Å². The maximum atomic E-state index is 12.4. The molecular formula is C12H14F3NO2. The Hall–Kier alpha value is -1.72. The Kier molecular flexibility index (Phi) is 4.21. The molecule has 18 heavy (non-hydrogen) atoms. The number of carbonyl (C=O) groups is 1. The molecule has 1 atom stereocenters. The highest BCUT2D eigenvalue weighted by Gasteiger charge is 2.31. The molecule has 0 saturated heterocycles. The standard InChI is InChI=1S/C12H14F3NO2/c1-3-7(2)18-11(17)9-5-4-8(6-10(9)16)12(13,14)15/h4-7H,3,16H2,1-2H3. The van der Waals surface area contributed by atoms with E-state index in [0.29, 0.717) is 6.42 Å². The average molecular weight is 261 g/mol. The van der Waals surface area contributed by atoms with Crippen LogP contribution in [0.25, 0.3) is 0 Å². The van der Waals surface area contributed by atoms with Gasteiger partial charge in [-0.3, -0.25) is 0 Å². The van der Waals surface area contributed by atoms with Gasteiger partial charge in [-0.2, -0.15) is 13.2 Å². The topological polar surface area (TPSA) is 52.3 Å². The summed E-state index contributed by atoms with van der Waals surface area (Å²) in [6.07, 6.45) is -4.17. The number of alkyl halides is 3. The molecule has 0 aliphatic carbocycles. The quantitative estimate of drug-likeness (QED) is 0.671.